The maximum Gasteiger partial charge on any atom is 0.498 e. The van der Waals surface area contributed by atoms with Gasteiger partial charge in [-0.2, -0.15) is 0 Å². The van der Waals surface area contributed by atoms with Crippen LogP contribution < -0.4 is 10.8 Å². The predicted molar refractivity (Wildman–Crippen MR) is 143 cm³/mol. The van der Waals surface area contributed by atoms with E-state index >= 15 is 0 Å². The molecule has 11 nitrogen and oxygen atoms in total. The number of piperidine rings is 1. The van der Waals surface area contributed by atoms with Gasteiger partial charge < -0.3 is 24.3 Å². The predicted octanol–water partition coefficient (Wildman–Crippen LogP) is 2.09. The Morgan fingerprint density at radius 3 is 2.32 bits per heavy atom. The summed E-state index contributed by atoms with van der Waals surface area (Å²) in [7, 11) is -4.39. The summed E-state index contributed by atoms with van der Waals surface area (Å²) in [5.74, 6) is -0.327. The third-order valence-corrected chi connectivity index (χ3v) is 8.72. The van der Waals surface area contributed by atoms with Crippen molar-refractivity contribution in [2.75, 3.05) is 18.8 Å². The fourth-order valence-electron chi connectivity index (χ4n) is 4.32. The molecule has 2 saturated heterocycles. The molecule has 0 aromatic carbocycles. The zero-order chi connectivity index (χ0) is 28.5. The van der Waals surface area contributed by atoms with E-state index in [1.807, 2.05) is 27.7 Å². The number of likely N-dealkylation sites (tertiary alicyclic amines) is 1. The number of carbonyl (C=O) groups excluding carboxylic acids is 2. The van der Waals surface area contributed by atoms with Crippen LogP contribution in [0.15, 0.2) is 17.6 Å². The van der Waals surface area contributed by atoms with Crippen LogP contribution in [0.1, 0.15) is 74.7 Å². The molecule has 2 atom stereocenters. The van der Waals surface area contributed by atoms with E-state index in [4.69, 9.17) is 14.0 Å². The van der Waals surface area contributed by atoms with Crippen LogP contribution in [0.2, 0.25) is 0 Å². The van der Waals surface area contributed by atoms with E-state index in [1.165, 1.54) is 12.4 Å². The number of carbonyl (C=O) groups is 2. The standard InChI is InChI=1S/C25H41BN4O7S/c1-17(29-22(32)35-23(2,3)4)20(31)30-12-9-10-18(16-30)11-13-38(33,34)21-27-14-19(15-28-21)26-36-24(5,6)25(7,8)37-26/h14-15,17-18H,9-13,16H2,1-8H3,(H,29,32)/t17-,18+/m0/s1. The number of hydrogen-bond acceptors (Lipinski definition) is 9. The van der Waals surface area contributed by atoms with Gasteiger partial charge in [0.15, 0.2) is 0 Å². The molecule has 3 heterocycles. The second-order valence-electron chi connectivity index (χ2n) is 12.2. The van der Waals surface area contributed by atoms with Crippen molar-refractivity contribution in [1.29, 1.82) is 0 Å². The molecule has 212 valence electrons. The zero-order valence-corrected chi connectivity index (χ0v) is 24.6. The molecule has 2 aliphatic rings. The zero-order valence-electron chi connectivity index (χ0n) is 23.7. The minimum Gasteiger partial charge on any atom is -0.444 e. The fraction of sp³-hybridized carbons (Fsp3) is 0.760. The number of nitrogens with one attached hydrogen (secondary N) is 1. The lowest BCUT2D eigenvalue weighted by atomic mass is 9.81. The van der Waals surface area contributed by atoms with E-state index < -0.39 is 45.9 Å². The van der Waals surface area contributed by atoms with Gasteiger partial charge in [-0.05, 0) is 80.6 Å². The summed E-state index contributed by atoms with van der Waals surface area (Å²) in [6, 6.07) is -0.747. The molecule has 0 bridgehead atoms. The van der Waals surface area contributed by atoms with E-state index in [0.717, 1.165) is 12.8 Å². The lowest BCUT2D eigenvalue weighted by Gasteiger charge is -2.34. The second kappa shape index (κ2) is 11.1. The van der Waals surface area contributed by atoms with Crippen molar-refractivity contribution in [1.82, 2.24) is 20.2 Å². The summed E-state index contributed by atoms with van der Waals surface area (Å²) in [5, 5.41) is 2.34. The summed E-state index contributed by atoms with van der Waals surface area (Å²) in [6.07, 6.45) is 4.17. The summed E-state index contributed by atoms with van der Waals surface area (Å²) >= 11 is 0. The number of nitrogens with zero attached hydrogens (tertiary/aromatic N) is 3. The average Bonchev–Trinajstić information content (AvgIpc) is 3.03. The Balaban J connectivity index is 1.54. The molecular weight excluding hydrogens is 511 g/mol. The van der Waals surface area contributed by atoms with E-state index in [9.17, 15) is 18.0 Å². The number of sulfone groups is 1. The Labute approximate surface area is 226 Å². The molecule has 0 spiro atoms. The molecular formula is C25H41BN4O7S. The van der Waals surface area contributed by atoms with Crippen LogP contribution in [0.3, 0.4) is 0 Å². The Morgan fingerprint density at radius 1 is 1.18 bits per heavy atom. The molecule has 0 radical (unpaired) electrons. The first kappa shape index (κ1) is 30.3. The van der Waals surface area contributed by atoms with Crippen LogP contribution in [-0.2, 0) is 28.7 Å². The third-order valence-electron chi connectivity index (χ3n) is 7.18. The van der Waals surface area contributed by atoms with E-state index in [0.29, 0.717) is 25.0 Å². The highest BCUT2D eigenvalue weighted by atomic mass is 32.2. The molecule has 0 saturated carbocycles. The summed E-state index contributed by atoms with van der Waals surface area (Å²) in [6.45, 7) is 15.6. The van der Waals surface area contributed by atoms with Gasteiger partial charge in [0.05, 0.1) is 17.0 Å². The van der Waals surface area contributed by atoms with Gasteiger partial charge >= 0.3 is 13.2 Å². The third kappa shape index (κ3) is 7.44. The Hall–Kier alpha value is -2.25. The van der Waals surface area contributed by atoms with Crippen LogP contribution in [0, 0.1) is 5.92 Å². The first-order chi connectivity index (χ1) is 17.4. The monoisotopic (exact) mass is 552 g/mol. The van der Waals surface area contributed by atoms with Gasteiger partial charge in [0.25, 0.3) is 0 Å². The smallest absolute Gasteiger partial charge is 0.444 e. The largest absolute Gasteiger partial charge is 0.498 e. The molecule has 13 heteroatoms. The number of alkyl carbamates (subject to hydrolysis) is 1. The van der Waals surface area contributed by atoms with Gasteiger partial charge in [0.1, 0.15) is 11.6 Å². The van der Waals surface area contributed by atoms with Crippen LogP contribution in [0.4, 0.5) is 4.79 Å². The van der Waals surface area contributed by atoms with Gasteiger partial charge in [-0.25, -0.2) is 23.2 Å². The quantitative estimate of drug-likeness (QED) is 0.398. The molecule has 2 amide bonds. The minimum atomic E-state index is -3.71. The number of ether oxygens (including phenoxy) is 1. The van der Waals surface area contributed by atoms with Crippen LogP contribution >= 0.6 is 0 Å². The molecule has 1 N–H and O–H groups in total. The van der Waals surface area contributed by atoms with Crippen molar-refractivity contribution in [3.63, 3.8) is 0 Å². The fourth-order valence-corrected chi connectivity index (χ4v) is 5.57. The highest BCUT2D eigenvalue weighted by molar-refractivity contribution is 7.91. The Bertz CT molecular complexity index is 1100. The molecule has 3 rings (SSSR count). The second-order valence-corrected chi connectivity index (χ2v) is 14.2. The normalized spacial score (nSPS) is 22.2. The first-order valence-electron chi connectivity index (χ1n) is 13.1. The molecule has 1 aromatic rings. The molecule has 2 aliphatic heterocycles. The van der Waals surface area contributed by atoms with Crippen molar-refractivity contribution in [2.45, 2.75) is 103 Å². The highest BCUT2D eigenvalue weighted by Gasteiger charge is 2.52. The Kier molecular flexibility index (Phi) is 8.84. The number of amides is 2. The van der Waals surface area contributed by atoms with Gasteiger partial charge in [-0.15, -0.1) is 0 Å². The Morgan fingerprint density at radius 2 is 1.76 bits per heavy atom. The number of hydrogen-bond donors (Lipinski definition) is 1. The van der Waals surface area contributed by atoms with E-state index in [1.54, 1.807) is 32.6 Å². The highest BCUT2D eigenvalue weighted by Crippen LogP contribution is 2.36. The SMILES string of the molecule is C[C@H](NC(=O)OC(C)(C)C)C(=O)N1CCC[C@H](CCS(=O)(=O)c2ncc(B3OC(C)(C)C(C)(C)O3)cn2)C1. The minimum absolute atomic E-state index is 0.0141. The van der Waals surface area contributed by atoms with Crippen LogP contribution in [-0.4, -0.2) is 84.1 Å². The maximum atomic E-state index is 12.9. The molecule has 0 unspecified atom stereocenters. The van der Waals surface area contributed by atoms with Crippen molar-refractivity contribution < 1.29 is 32.1 Å². The maximum absolute atomic E-state index is 12.9. The number of aromatic nitrogens is 2. The summed E-state index contributed by atoms with van der Waals surface area (Å²) in [5.41, 5.74) is -1.16. The van der Waals surface area contributed by atoms with Gasteiger partial charge in [-0.3, -0.25) is 4.79 Å². The van der Waals surface area contributed by atoms with E-state index in [2.05, 4.69) is 15.3 Å². The van der Waals surface area contributed by atoms with Crippen molar-refractivity contribution in [3.8, 4) is 0 Å². The summed E-state index contributed by atoms with van der Waals surface area (Å²) in [4.78, 5) is 34.8. The van der Waals surface area contributed by atoms with Crippen molar-refractivity contribution >= 4 is 34.4 Å². The lowest BCUT2D eigenvalue weighted by Crippen LogP contribution is -2.50. The van der Waals surface area contributed by atoms with Crippen molar-refractivity contribution in [3.05, 3.63) is 12.4 Å². The number of rotatable bonds is 7. The molecule has 2 fully saturated rings. The van der Waals surface area contributed by atoms with Crippen LogP contribution in [0.25, 0.3) is 0 Å². The van der Waals surface area contributed by atoms with Gasteiger partial charge in [0, 0.05) is 30.9 Å². The van der Waals surface area contributed by atoms with Gasteiger partial charge in [0.2, 0.25) is 20.9 Å². The topological polar surface area (TPSA) is 137 Å². The molecule has 1 aromatic heterocycles. The lowest BCUT2D eigenvalue weighted by molar-refractivity contribution is -0.134. The van der Waals surface area contributed by atoms with Crippen molar-refractivity contribution in [2.24, 2.45) is 5.92 Å². The summed E-state index contributed by atoms with van der Waals surface area (Å²) < 4.78 is 43.1. The van der Waals surface area contributed by atoms with Gasteiger partial charge in [-0.1, -0.05) is 0 Å². The first-order valence-corrected chi connectivity index (χ1v) is 14.7. The average molecular weight is 553 g/mol. The van der Waals surface area contributed by atoms with E-state index in [-0.39, 0.29) is 22.7 Å². The molecule has 0 aliphatic carbocycles. The molecule has 38 heavy (non-hydrogen) atoms. The van der Waals surface area contributed by atoms with Crippen LogP contribution in [0.5, 0.6) is 0 Å².